The van der Waals surface area contributed by atoms with Gasteiger partial charge in [0.2, 0.25) is 0 Å². The first kappa shape index (κ1) is 12.6. The average molecular weight is 262 g/mol. The van der Waals surface area contributed by atoms with Crippen LogP contribution in [0, 0.1) is 6.92 Å². The molecule has 5 heteroatoms. The normalized spacial score (nSPS) is 10.3. The smallest absolute Gasteiger partial charge is 0.336 e. The zero-order chi connectivity index (χ0) is 13.1. The molecule has 0 spiro atoms. The van der Waals surface area contributed by atoms with E-state index in [-0.39, 0.29) is 0 Å². The standard InChI is InChI=1S/C13H14N2O2S/c1-3-9-7-18-13(14-9)15-10-5-4-8(2)11(6-10)12(16)17/h4-7H,3H2,1-2H3,(H,14,15)(H,16,17). The summed E-state index contributed by atoms with van der Waals surface area (Å²) in [4.78, 5) is 15.4. The van der Waals surface area contributed by atoms with Gasteiger partial charge in [-0.1, -0.05) is 13.0 Å². The maximum atomic E-state index is 11.0. The summed E-state index contributed by atoms with van der Waals surface area (Å²) in [5.74, 6) is -0.912. The molecule has 0 bridgehead atoms. The van der Waals surface area contributed by atoms with Crippen LogP contribution in [0.2, 0.25) is 0 Å². The Hall–Kier alpha value is -1.88. The number of nitrogens with one attached hydrogen (secondary N) is 1. The van der Waals surface area contributed by atoms with Crippen molar-refractivity contribution in [2.45, 2.75) is 20.3 Å². The van der Waals surface area contributed by atoms with Gasteiger partial charge in [-0.2, -0.15) is 0 Å². The van der Waals surface area contributed by atoms with E-state index >= 15 is 0 Å². The molecule has 0 saturated carbocycles. The Morgan fingerprint density at radius 3 is 2.89 bits per heavy atom. The topological polar surface area (TPSA) is 62.2 Å². The zero-order valence-electron chi connectivity index (χ0n) is 10.2. The number of carboxylic acid groups (broad SMARTS) is 1. The lowest BCUT2D eigenvalue weighted by Gasteiger charge is -2.06. The second kappa shape index (κ2) is 5.18. The number of hydrogen-bond donors (Lipinski definition) is 2. The number of aromatic nitrogens is 1. The number of hydrogen-bond acceptors (Lipinski definition) is 4. The summed E-state index contributed by atoms with van der Waals surface area (Å²) in [6, 6.07) is 5.28. The van der Waals surface area contributed by atoms with E-state index in [0.29, 0.717) is 5.56 Å². The highest BCUT2D eigenvalue weighted by atomic mass is 32.1. The summed E-state index contributed by atoms with van der Waals surface area (Å²) in [5.41, 5.74) is 2.84. The molecule has 0 saturated heterocycles. The number of anilines is 2. The van der Waals surface area contributed by atoms with Crippen LogP contribution in [-0.2, 0) is 6.42 Å². The van der Waals surface area contributed by atoms with Crippen LogP contribution in [0.3, 0.4) is 0 Å². The minimum absolute atomic E-state index is 0.312. The van der Waals surface area contributed by atoms with E-state index in [1.54, 1.807) is 19.1 Å². The third kappa shape index (κ3) is 2.68. The molecule has 0 amide bonds. The molecular weight excluding hydrogens is 248 g/mol. The van der Waals surface area contributed by atoms with Crippen LogP contribution in [0.15, 0.2) is 23.6 Å². The van der Waals surface area contributed by atoms with Crippen molar-refractivity contribution in [1.29, 1.82) is 0 Å². The summed E-state index contributed by atoms with van der Waals surface area (Å²) < 4.78 is 0. The van der Waals surface area contributed by atoms with Gasteiger partial charge in [0.25, 0.3) is 0 Å². The van der Waals surface area contributed by atoms with Crippen molar-refractivity contribution in [3.8, 4) is 0 Å². The first-order valence-corrected chi connectivity index (χ1v) is 6.53. The van der Waals surface area contributed by atoms with Gasteiger partial charge in [0.1, 0.15) is 0 Å². The van der Waals surface area contributed by atoms with E-state index in [9.17, 15) is 4.79 Å². The molecule has 4 nitrogen and oxygen atoms in total. The first-order chi connectivity index (χ1) is 8.60. The SMILES string of the molecule is CCc1csc(Nc2ccc(C)c(C(=O)O)c2)n1. The average Bonchev–Trinajstić information content (AvgIpc) is 2.79. The zero-order valence-corrected chi connectivity index (χ0v) is 11.0. The van der Waals surface area contributed by atoms with Crippen molar-refractivity contribution >= 4 is 28.1 Å². The molecule has 0 aliphatic rings. The molecule has 0 fully saturated rings. The van der Waals surface area contributed by atoms with Crippen molar-refractivity contribution in [3.05, 3.63) is 40.4 Å². The Balaban J connectivity index is 2.24. The van der Waals surface area contributed by atoms with Crippen LogP contribution in [0.4, 0.5) is 10.8 Å². The second-order valence-corrected chi connectivity index (χ2v) is 4.82. The molecule has 0 aliphatic heterocycles. The molecule has 0 radical (unpaired) electrons. The number of rotatable bonds is 4. The number of aryl methyl sites for hydroxylation is 2. The Labute approximate surface area is 109 Å². The quantitative estimate of drug-likeness (QED) is 0.885. The first-order valence-electron chi connectivity index (χ1n) is 5.65. The lowest BCUT2D eigenvalue weighted by molar-refractivity contribution is 0.0696. The molecule has 1 aromatic heterocycles. The van der Waals surface area contributed by atoms with E-state index in [0.717, 1.165) is 28.5 Å². The van der Waals surface area contributed by atoms with Gasteiger partial charge in [0.15, 0.2) is 5.13 Å². The molecule has 2 N–H and O–H groups in total. The van der Waals surface area contributed by atoms with Gasteiger partial charge in [-0.05, 0) is 31.0 Å². The minimum Gasteiger partial charge on any atom is -0.478 e. The van der Waals surface area contributed by atoms with E-state index in [1.165, 1.54) is 11.3 Å². The Morgan fingerprint density at radius 2 is 2.28 bits per heavy atom. The van der Waals surface area contributed by atoms with E-state index in [1.807, 2.05) is 18.4 Å². The summed E-state index contributed by atoms with van der Waals surface area (Å²) in [6.45, 7) is 3.83. The molecule has 2 aromatic rings. The molecule has 0 aliphatic carbocycles. The Morgan fingerprint density at radius 1 is 1.50 bits per heavy atom. The van der Waals surface area contributed by atoms with Gasteiger partial charge in [0, 0.05) is 11.1 Å². The fraction of sp³-hybridized carbons (Fsp3) is 0.231. The summed E-state index contributed by atoms with van der Waals surface area (Å²) in [6.07, 6.45) is 0.895. The lowest BCUT2D eigenvalue weighted by atomic mass is 10.1. The number of benzene rings is 1. The van der Waals surface area contributed by atoms with Crippen LogP contribution < -0.4 is 5.32 Å². The fourth-order valence-corrected chi connectivity index (χ4v) is 2.39. The van der Waals surface area contributed by atoms with Crippen LogP contribution >= 0.6 is 11.3 Å². The highest BCUT2D eigenvalue weighted by molar-refractivity contribution is 7.13. The van der Waals surface area contributed by atoms with Gasteiger partial charge in [0.05, 0.1) is 11.3 Å². The van der Waals surface area contributed by atoms with Gasteiger partial charge < -0.3 is 10.4 Å². The Kier molecular flexibility index (Phi) is 3.62. The summed E-state index contributed by atoms with van der Waals surface area (Å²) in [5, 5.41) is 15.0. The predicted molar refractivity (Wildman–Crippen MR) is 72.9 cm³/mol. The lowest BCUT2D eigenvalue weighted by Crippen LogP contribution is -2.01. The van der Waals surface area contributed by atoms with E-state index in [4.69, 9.17) is 5.11 Å². The van der Waals surface area contributed by atoms with Crippen LogP contribution in [0.1, 0.15) is 28.5 Å². The van der Waals surface area contributed by atoms with Crippen molar-refractivity contribution < 1.29 is 9.90 Å². The van der Waals surface area contributed by atoms with Gasteiger partial charge in [-0.3, -0.25) is 0 Å². The van der Waals surface area contributed by atoms with E-state index < -0.39 is 5.97 Å². The number of aromatic carboxylic acids is 1. The van der Waals surface area contributed by atoms with Crippen molar-refractivity contribution in [3.63, 3.8) is 0 Å². The third-order valence-electron chi connectivity index (χ3n) is 2.63. The molecule has 0 atom stereocenters. The summed E-state index contributed by atoms with van der Waals surface area (Å²) in [7, 11) is 0. The molecule has 1 heterocycles. The van der Waals surface area contributed by atoms with Crippen molar-refractivity contribution in [1.82, 2.24) is 4.98 Å². The van der Waals surface area contributed by atoms with Gasteiger partial charge in [-0.25, -0.2) is 9.78 Å². The van der Waals surface area contributed by atoms with Crippen LogP contribution in [0.25, 0.3) is 0 Å². The monoisotopic (exact) mass is 262 g/mol. The van der Waals surface area contributed by atoms with Crippen molar-refractivity contribution in [2.75, 3.05) is 5.32 Å². The van der Waals surface area contributed by atoms with Crippen LogP contribution in [0.5, 0.6) is 0 Å². The van der Waals surface area contributed by atoms with E-state index in [2.05, 4.69) is 10.3 Å². The fourth-order valence-electron chi connectivity index (χ4n) is 1.58. The number of carboxylic acids is 1. The van der Waals surface area contributed by atoms with Gasteiger partial charge >= 0.3 is 5.97 Å². The summed E-state index contributed by atoms with van der Waals surface area (Å²) >= 11 is 1.52. The molecule has 18 heavy (non-hydrogen) atoms. The number of nitrogens with zero attached hydrogens (tertiary/aromatic N) is 1. The second-order valence-electron chi connectivity index (χ2n) is 3.96. The minimum atomic E-state index is -0.912. The predicted octanol–water partition coefficient (Wildman–Crippen LogP) is 3.46. The highest BCUT2D eigenvalue weighted by Crippen LogP contribution is 2.23. The molecular formula is C13H14N2O2S. The van der Waals surface area contributed by atoms with Gasteiger partial charge in [-0.15, -0.1) is 11.3 Å². The Bertz CT molecular complexity index is 578. The largest absolute Gasteiger partial charge is 0.478 e. The molecule has 1 aromatic carbocycles. The molecule has 2 rings (SSSR count). The number of thiazole rings is 1. The molecule has 0 unspecified atom stereocenters. The molecule has 94 valence electrons. The van der Waals surface area contributed by atoms with Crippen LogP contribution in [-0.4, -0.2) is 16.1 Å². The number of carbonyl (C=O) groups is 1. The van der Waals surface area contributed by atoms with Crippen molar-refractivity contribution in [2.24, 2.45) is 0 Å². The maximum absolute atomic E-state index is 11.0. The highest BCUT2D eigenvalue weighted by Gasteiger charge is 2.08. The third-order valence-corrected chi connectivity index (χ3v) is 3.44. The maximum Gasteiger partial charge on any atom is 0.336 e.